The minimum Gasteiger partial charge on any atom is -0.462 e. The molecule has 0 unspecified atom stereocenters. The van der Waals surface area contributed by atoms with Crippen molar-refractivity contribution in [2.75, 3.05) is 6.61 Å². The van der Waals surface area contributed by atoms with Crippen LogP contribution in [0, 0.1) is 6.42 Å². The van der Waals surface area contributed by atoms with Gasteiger partial charge in [-0.25, -0.2) is 4.79 Å². The lowest BCUT2D eigenvalue weighted by molar-refractivity contribution is -0.136. The van der Waals surface area contributed by atoms with Crippen molar-refractivity contribution in [3.8, 4) is 0 Å². The first-order valence-corrected chi connectivity index (χ1v) is 2.38. The monoisotopic (exact) mass is 113 g/mol. The number of rotatable bonds is 3. The summed E-state index contributed by atoms with van der Waals surface area (Å²) in [6.45, 7) is 5.41. The van der Waals surface area contributed by atoms with Crippen LogP contribution in [-0.2, 0) is 9.53 Å². The quantitative estimate of drug-likeness (QED) is 0.402. The Bertz CT molecular complexity index is 86.5. The second kappa shape index (κ2) is 4.37. The first kappa shape index (κ1) is 7.21. The molecule has 0 atom stereocenters. The standard InChI is InChI=1S/C6H9O2/c1-3-5-8-6(7)4-2/h3-4H,2,5H2,1H3. The zero-order valence-electron chi connectivity index (χ0n) is 4.89. The molecule has 1 radical (unpaired) electrons. The third-order valence-electron chi connectivity index (χ3n) is 0.559. The third-order valence-corrected chi connectivity index (χ3v) is 0.559. The summed E-state index contributed by atoms with van der Waals surface area (Å²) in [4.78, 5) is 10.2. The molecule has 2 heteroatoms. The molecule has 0 N–H and O–H groups in total. The molecule has 0 bridgehead atoms. The first-order chi connectivity index (χ1) is 3.81. The molecule has 0 saturated carbocycles. The lowest BCUT2D eigenvalue weighted by Gasteiger charge is -1.94. The molecule has 0 fully saturated rings. The third kappa shape index (κ3) is 3.40. The number of ether oxygens (including phenoxy) is 1. The van der Waals surface area contributed by atoms with Crippen molar-refractivity contribution in [3.05, 3.63) is 19.1 Å². The highest BCUT2D eigenvalue weighted by atomic mass is 16.5. The van der Waals surface area contributed by atoms with Crippen molar-refractivity contribution in [3.63, 3.8) is 0 Å². The van der Waals surface area contributed by atoms with Gasteiger partial charge in [0.15, 0.2) is 0 Å². The van der Waals surface area contributed by atoms with E-state index in [1.54, 1.807) is 6.42 Å². The van der Waals surface area contributed by atoms with Gasteiger partial charge in [0.1, 0.15) is 0 Å². The van der Waals surface area contributed by atoms with Crippen molar-refractivity contribution < 1.29 is 9.53 Å². The highest BCUT2D eigenvalue weighted by molar-refractivity contribution is 5.81. The van der Waals surface area contributed by atoms with E-state index < -0.39 is 0 Å². The second-order valence-electron chi connectivity index (χ2n) is 1.24. The summed E-state index contributed by atoms with van der Waals surface area (Å²) >= 11 is 0. The molecule has 0 aromatic heterocycles. The highest BCUT2D eigenvalue weighted by Crippen LogP contribution is 1.80. The Kier molecular flexibility index (Phi) is 3.94. The van der Waals surface area contributed by atoms with Crippen LogP contribution in [0.5, 0.6) is 0 Å². The van der Waals surface area contributed by atoms with E-state index in [-0.39, 0.29) is 5.97 Å². The average molecular weight is 113 g/mol. The zero-order valence-corrected chi connectivity index (χ0v) is 4.89. The van der Waals surface area contributed by atoms with Gasteiger partial charge >= 0.3 is 5.97 Å². The van der Waals surface area contributed by atoms with Gasteiger partial charge in [0.2, 0.25) is 0 Å². The smallest absolute Gasteiger partial charge is 0.330 e. The highest BCUT2D eigenvalue weighted by Gasteiger charge is 1.89. The fourth-order valence-electron chi connectivity index (χ4n) is 0.224. The van der Waals surface area contributed by atoms with Crippen molar-refractivity contribution in [1.82, 2.24) is 0 Å². The normalized spacial score (nSPS) is 8.12. The molecule has 0 saturated heterocycles. The molecule has 0 aromatic rings. The lowest BCUT2D eigenvalue weighted by atomic mass is 10.5. The van der Waals surface area contributed by atoms with E-state index in [0.717, 1.165) is 6.08 Å². The van der Waals surface area contributed by atoms with Gasteiger partial charge in [0.25, 0.3) is 0 Å². The number of esters is 1. The molecule has 0 aromatic carbocycles. The summed E-state index contributed by atoms with van der Waals surface area (Å²) in [6.07, 6.45) is 2.89. The van der Waals surface area contributed by atoms with Gasteiger partial charge in [-0.3, -0.25) is 0 Å². The van der Waals surface area contributed by atoms with Crippen LogP contribution >= 0.6 is 0 Å². The molecule has 0 aliphatic carbocycles. The van der Waals surface area contributed by atoms with Gasteiger partial charge in [-0.15, -0.1) is 0 Å². The molecule has 0 rings (SSSR count). The SMILES string of the molecule is C=CC(=O)OC[CH]C. The molecule has 0 heterocycles. The van der Waals surface area contributed by atoms with E-state index in [1.807, 2.05) is 6.92 Å². The Morgan fingerprint density at radius 2 is 2.50 bits per heavy atom. The van der Waals surface area contributed by atoms with Crippen LogP contribution in [0.2, 0.25) is 0 Å². The van der Waals surface area contributed by atoms with Gasteiger partial charge < -0.3 is 4.74 Å². The van der Waals surface area contributed by atoms with E-state index >= 15 is 0 Å². The Balaban J connectivity index is 3.11. The van der Waals surface area contributed by atoms with Gasteiger partial charge in [0, 0.05) is 6.08 Å². The summed E-state index contributed by atoms with van der Waals surface area (Å²) < 4.78 is 4.53. The first-order valence-electron chi connectivity index (χ1n) is 2.38. The largest absolute Gasteiger partial charge is 0.462 e. The molecule has 0 aliphatic heterocycles. The maximum Gasteiger partial charge on any atom is 0.330 e. The number of hydrogen-bond donors (Lipinski definition) is 0. The van der Waals surface area contributed by atoms with Crippen molar-refractivity contribution in [1.29, 1.82) is 0 Å². The summed E-state index contributed by atoms with van der Waals surface area (Å²) in [5.41, 5.74) is 0. The molecule has 0 spiro atoms. The van der Waals surface area contributed by atoms with Crippen LogP contribution in [0.1, 0.15) is 6.92 Å². The minimum absolute atomic E-state index is 0.366. The van der Waals surface area contributed by atoms with Crippen LogP contribution < -0.4 is 0 Å². The molecule has 2 nitrogen and oxygen atoms in total. The van der Waals surface area contributed by atoms with Crippen molar-refractivity contribution in [2.24, 2.45) is 0 Å². The average Bonchev–Trinajstić information content (AvgIpc) is 1.83. The Hall–Kier alpha value is -0.790. The van der Waals surface area contributed by atoms with Crippen LogP contribution in [-0.4, -0.2) is 12.6 Å². The van der Waals surface area contributed by atoms with E-state index in [9.17, 15) is 4.79 Å². The summed E-state index contributed by atoms with van der Waals surface area (Å²) in [5.74, 6) is -0.372. The fraction of sp³-hybridized carbons (Fsp3) is 0.333. The molecule has 8 heavy (non-hydrogen) atoms. The topological polar surface area (TPSA) is 26.3 Å². The fourth-order valence-corrected chi connectivity index (χ4v) is 0.224. The number of carbonyl (C=O) groups is 1. The Labute approximate surface area is 49.1 Å². The van der Waals surface area contributed by atoms with E-state index in [0.29, 0.717) is 6.61 Å². The van der Waals surface area contributed by atoms with Gasteiger partial charge in [-0.1, -0.05) is 13.5 Å². The van der Waals surface area contributed by atoms with Crippen LogP contribution in [0.4, 0.5) is 0 Å². The maximum absolute atomic E-state index is 10.2. The van der Waals surface area contributed by atoms with Gasteiger partial charge in [0.05, 0.1) is 6.61 Å². The number of carbonyl (C=O) groups excluding carboxylic acids is 1. The number of hydrogen-bond acceptors (Lipinski definition) is 2. The molecule has 0 aliphatic rings. The van der Waals surface area contributed by atoms with Crippen LogP contribution in [0.15, 0.2) is 12.7 Å². The van der Waals surface area contributed by atoms with Crippen LogP contribution in [0.25, 0.3) is 0 Å². The Morgan fingerprint density at radius 1 is 1.88 bits per heavy atom. The van der Waals surface area contributed by atoms with E-state index in [1.165, 1.54) is 0 Å². The lowest BCUT2D eigenvalue weighted by Crippen LogP contribution is -2.00. The summed E-state index contributed by atoms with van der Waals surface area (Å²) in [6, 6.07) is 0. The van der Waals surface area contributed by atoms with Gasteiger partial charge in [-0.2, -0.15) is 0 Å². The van der Waals surface area contributed by atoms with Crippen molar-refractivity contribution in [2.45, 2.75) is 6.92 Å². The second-order valence-corrected chi connectivity index (χ2v) is 1.24. The summed E-state index contributed by atoms with van der Waals surface area (Å²) in [5, 5.41) is 0. The maximum atomic E-state index is 10.2. The minimum atomic E-state index is -0.372. The molecular formula is C6H9O2. The molecular weight excluding hydrogens is 104 g/mol. The van der Waals surface area contributed by atoms with E-state index in [4.69, 9.17) is 0 Å². The molecule has 45 valence electrons. The zero-order chi connectivity index (χ0) is 6.41. The van der Waals surface area contributed by atoms with Crippen molar-refractivity contribution >= 4 is 5.97 Å². The predicted molar refractivity (Wildman–Crippen MR) is 31.1 cm³/mol. The van der Waals surface area contributed by atoms with E-state index in [2.05, 4.69) is 11.3 Å². The summed E-state index contributed by atoms with van der Waals surface area (Å²) in [7, 11) is 0. The van der Waals surface area contributed by atoms with Gasteiger partial charge in [-0.05, 0) is 6.42 Å². The predicted octanol–water partition coefficient (Wildman–Crippen LogP) is 0.940. The Morgan fingerprint density at radius 3 is 2.88 bits per heavy atom. The molecule has 0 amide bonds. The van der Waals surface area contributed by atoms with Crippen LogP contribution in [0.3, 0.4) is 0 Å².